The van der Waals surface area contributed by atoms with Crippen LogP contribution in [-0.4, -0.2) is 10.8 Å². The summed E-state index contributed by atoms with van der Waals surface area (Å²) in [5, 5.41) is 3.27. The molecule has 2 aromatic rings. The highest BCUT2D eigenvalue weighted by molar-refractivity contribution is 7.09. The first-order valence-corrected chi connectivity index (χ1v) is 6.49. The van der Waals surface area contributed by atoms with Crippen molar-refractivity contribution >= 4 is 28.5 Å². The molecular weight excluding hydrogens is 246 g/mol. The van der Waals surface area contributed by atoms with E-state index in [1.807, 2.05) is 18.5 Å². The summed E-state index contributed by atoms with van der Waals surface area (Å²) < 4.78 is 0. The summed E-state index contributed by atoms with van der Waals surface area (Å²) in [7, 11) is 0. The SMILES string of the molecule is CC(=O)c1cc(NCc2scnc2C)ccc1N. The summed E-state index contributed by atoms with van der Waals surface area (Å²) in [6, 6.07) is 5.41. The lowest BCUT2D eigenvalue weighted by molar-refractivity contribution is 0.101. The molecule has 0 aliphatic rings. The number of ketones is 1. The maximum absolute atomic E-state index is 11.4. The number of benzene rings is 1. The number of aryl methyl sites for hydroxylation is 1. The normalized spacial score (nSPS) is 10.3. The van der Waals surface area contributed by atoms with E-state index in [4.69, 9.17) is 5.73 Å². The molecule has 0 unspecified atom stereocenters. The van der Waals surface area contributed by atoms with Gasteiger partial charge in [0.05, 0.1) is 17.7 Å². The number of nitrogens with one attached hydrogen (secondary N) is 1. The fourth-order valence-corrected chi connectivity index (χ4v) is 2.37. The van der Waals surface area contributed by atoms with Gasteiger partial charge in [-0.05, 0) is 32.0 Å². The maximum atomic E-state index is 11.4. The zero-order valence-electron chi connectivity index (χ0n) is 10.4. The smallest absolute Gasteiger partial charge is 0.161 e. The highest BCUT2D eigenvalue weighted by atomic mass is 32.1. The van der Waals surface area contributed by atoms with Gasteiger partial charge in [0.2, 0.25) is 0 Å². The first-order valence-electron chi connectivity index (χ1n) is 5.61. The first kappa shape index (κ1) is 12.6. The van der Waals surface area contributed by atoms with Crippen molar-refractivity contribution in [2.45, 2.75) is 20.4 Å². The molecule has 5 heteroatoms. The van der Waals surface area contributed by atoms with Crippen LogP contribution in [0.4, 0.5) is 11.4 Å². The van der Waals surface area contributed by atoms with Crippen LogP contribution in [0.15, 0.2) is 23.7 Å². The van der Waals surface area contributed by atoms with E-state index in [1.54, 1.807) is 23.5 Å². The number of carbonyl (C=O) groups is 1. The average molecular weight is 261 g/mol. The van der Waals surface area contributed by atoms with E-state index >= 15 is 0 Å². The molecule has 0 fully saturated rings. The van der Waals surface area contributed by atoms with Gasteiger partial charge in [0, 0.05) is 21.8 Å². The van der Waals surface area contributed by atoms with Gasteiger partial charge in [-0.15, -0.1) is 11.3 Å². The van der Waals surface area contributed by atoms with Crippen LogP contribution in [0, 0.1) is 6.92 Å². The van der Waals surface area contributed by atoms with E-state index in [9.17, 15) is 4.79 Å². The minimum Gasteiger partial charge on any atom is -0.398 e. The Hall–Kier alpha value is -1.88. The van der Waals surface area contributed by atoms with Gasteiger partial charge in [0.1, 0.15) is 0 Å². The lowest BCUT2D eigenvalue weighted by atomic mass is 10.1. The standard InChI is InChI=1S/C13H15N3OS/c1-8-13(18-7-16-8)6-15-10-3-4-12(14)11(5-10)9(2)17/h3-5,7,15H,6,14H2,1-2H3. The fraction of sp³-hybridized carbons (Fsp3) is 0.231. The Morgan fingerprint density at radius 1 is 1.50 bits per heavy atom. The van der Waals surface area contributed by atoms with E-state index < -0.39 is 0 Å². The van der Waals surface area contributed by atoms with Crippen LogP contribution < -0.4 is 11.1 Å². The van der Waals surface area contributed by atoms with Crippen LogP contribution in [0.5, 0.6) is 0 Å². The van der Waals surface area contributed by atoms with Gasteiger partial charge in [-0.1, -0.05) is 0 Å². The fourth-order valence-electron chi connectivity index (χ4n) is 1.65. The van der Waals surface area contributed by atoms with Gasteiger partial charge in [-0.2, -0.15) is 0 Å². The Labute approximate surface area is 110 Å². The van der Waals surface area contributed by atoms with Crippen LogP contribution in [0.25, 0.3) is 0 Å². The number of hydrogen-bond acceptors (Lipinski definition) is 5. The monoisotopic (exact) mass is 261 g/mol. The highest BCUT2D eigenvalue weighted by Crippen LogP contribution is 2.20. The molecule has 18 heavy (non-hydrogen) atoms. The molecule has 0 aliphatic carbocycles. The number of nitrogen functional groups attached to an aromatic ring is 1. The second-order valence-corrected chi connectivity index (χ2v) is 5.01. The van der Waals surface area contributed by atoms with Crippen LogP contribution in [0.3, 0.4) is 0 Å². The van der Waals surface area contributed by atoms with Gasteiger partial charge in [0.15, 0.2) is 5.78 Å². The average Bonchev–Trinajstić information content (AvgIpc) is 2.73. The molecule has 2 rings (SSSR count). The van der Waals surface area contributed by atoms with Crippen LogP contribution in [-0.2, 0) is 6.54 Å². The van der Waals surface area contributed by atoms with Crippen molar-refractivity contribution in [2.24, 2.45) is 0 Å². The molecule has 0 bridgehead atoms. The Morgan fingerprint density at radius 3 is 2.89 bits per heavy atom. The third kappa shape index (κ3) is 2.68. The lowest BCUT2D eigenvalue weighted by Gasteiger charge is -2.08. The Balaban J connectivity index is 2.13. The zero-order chi connectivity index (χ0) is 13.1. The second kappa shape index (κ2) is 5.18. The molecule has 0 radical (unpaired) electrons. The van der Waals surface area contributed by atoms with Crippen molar-refractivity contribution in [1.29, 1.82) is 0 Å². The van der Waals surface area contributed by atoms with Crippen molar-refractivity contribution in [1.82, 2.24) is 4.98 Å². The summed E-state index contributed by atoms with van der Waals surface area (Å²) in [4.78, 5) is 16.8. The largest absolute Gasteiger partial charge is 0.398 e. The third-order valence-corrected chi connectivity index (χ3v) is 3.67. The molecule has 0 atom stereocenters. The molecule has 94 valence electrons. The molecule has 0 spiro atoms. The van der Waals surface area contributed by atoms with Crippen molar-refractivity contribution in [3.05, 3.63) is 39.8 Å². The van der Waals surface area contributed by atoms with Crippen molar-refractivity contribution in [3.8, 4) is 0 Å². The predicted molar refractivity (Wildman–Crippen MR) is 75.0 cm³/mol. The summed E-state index contributed by atoms with van der Waals surface area (Å²) in [6.45, 7) is 4.21. The molecule has 0 aliphatic heterocycles. The van der Waals surface area contributed by atoms with E-state index in [2.05, 4.69) is 10.3 Å². The summed E-state index contributed by atoms with van der Waals surface area (Å²) in [5.74, 6) is -0.0230. The van der Waals surface area contributed by atoms with Crippen molar-refractivity contribution < 1.29 is 4.79 Å². The number of nitrogens with two attached hydrogens (primary N) is 1. The number of rotatable bonds is 4. The van der Waals surface area contributed by atoms with Gasteiger partial charge >= 0.3 is 0 Å². The van der Waals surface area contributed by atoms with E-state index in [-0.39, 0.29) is 5.78 Å². The lowest BCUT2D eigenvalue weighted by Crippen LogP contribution is -2.03. The highest BCUT2D eigenvalue weighted by Gasteiger charge is 2.06. The van der Waals surface area contributed by atoms with Crippen LogP contribution >= 0.6 is 11.3 Å². The van der Waals surface area contributed by atoms with Gasteiger partial charge in [-0.25, -0.2) is 4.98 Å². The summed E-state index contributed by atoms with van der Waals surface area (Å²) >= 11 is 1.62. The minimum absolute atomic E-state index is 0.0230. The molecule has 0 amide bonds. The molecule has 4 nitrogen and oxygen atoms in total. The van der Waals surface area contributed by atoms with Crippen LogP contribution in [0.1, 0.15) is 27.9 Å². The summed E-state index contributed by atoms with van der Waals surface area (Å²) in [6.07, 6.45) is 0. The minimum atomic E-state index is -0.0230. The first-order chi connectivity index (χ1) is 8.58. The van der Waals surface area contributed by atoms with Gasteiger partial charge < -0.3 is 11.1 Å². The number of aromatic nitrogens is 1. The molecular formula is C13H15N3OS. The van der Waals surface area contributed by atoms with Crippen molar-refractivity contribution in [3.63, 3.8) is 0 Å². The molecule has 1 heterocycles. The number of nitrogens with zero attached hydrogens (tertiary/aromatic N) is 1. The second-order valence-electron chi connectivity index (χ2n) is 4.07. The topological polar surface area (TPSA) is 68.0 Å². The Morgan fingerprint density at radius 2 is 2.28 bits per heavy atom. The molecule has 0 saturated carbocycles. The van der Waals surface area contributed by atoms with E-state index in [0.717, 1.165) is 11.4 Å². The number of anilines is 2. The molecule has 1 aromatic heterocycles. The molecule has 0 saturated heterocycles. The summed E-state index contributed by atoms with van der Waals surface area (Å²) in [5.41, 5.74) is 10.6. The number of thiazole rings is 1. The van der Waals surface area contributed by atoms with E-state index in [0.29, 0.717) is 17.8 Å². The maximum Gasteiger partial charge on any atom is 0.161 e. The van der Waals surface area contributed by atoms with Gasteiger partial charge in [0.25, 0.3) is 0 Å². The van der Waals surface area contributed by atoms with Gasteiger partial charge in [-0.3, -0.25) is 4.79 Å². The number of hydrogen-bond donors (Lipinski definition) is 2. The quantitative estimate of drug-likeness (QED) is 0.656. The predicted octanol–water partition coefficient (Wildman–Crippen LogP) is 2.85. The number of Topliss-reactive ketones (excluding diaryl/α,β-unsaturated/α-hetero) is 1. The van der Waals surface area contributed by atoms with Crippen LogP contribution in [0.2, 0.25) is 0 Å². The zero-order valence-corrected chi connectivity index (χ0v) is 11.2. The Kier molecular flexibility index (Phi) is 3.62. The molecule has 3 N–H and O–H groups in total. The van der Waals surface area contributed by atoms with E-state index in [1.165, 1.54) is 11.8 Å². The Bertz CT molecular complexity index is 577. The number of carbonyl (C=O) groups excluding carboxylic acids is 1. The molecule has 1 aromatic carbocycles. The third-order valence-electron chi connectivity index (χ3n) is 2.73. The van der Waals surface area contributed by atoms with Crippen molar-refractivity contribution in [2.75, 3.05) is 11.1 Å².